The van der Waals surface area contributed by atoms with Gasteiger partial charge in [0.15, 0.2) is 5.78 Å². The zero-order chi connectivity index (χ0) is 16.5. The van der Waals surface area contributed by atoms with Crippen LogP contribution in [-0.4, -0.2) is 30.9 Å². The monoisotopic (exact) mass is 368 g/mol. The molecular weight excluding hydrogens is 352 g/mol. The maximum absolute atomic E-state index is 12.9. The van der Waals surface area contributed by atoms with Crippen molar-refractivity contribution in [3.63, 3.8) is 0 Å². The number of esters is 2. The predicted molar refractivity (Wildman–Crippen MR) is 82.6 cm³/mol. The van der Waals surface area contributed by atoms with E-state index in [0.29, 0.717) is 16.7 Å². The number of hydrogen-bond acceptors (Lipinski definition) is 5. The molecule has 1 aliphatic carbocycles. The van der Waals surface area contributed by atoms with Crippen molar-refractivity contribution in [2.24, 2.45) is 5.41 Å². The van der Waals surface area contributed by atoms with Gasteiger partial charge in [-0.15, -0.1) is 0 Å². The molecule has 1 aromatic carbocycles. The van der Waals surface area contributed by atoms with E-state index in [1.165, 1.54) is 0 Å². The van der Waals surface area contributed by atoms with E-state index >= 15 is 0 Å². The number of hydrogen-bond donors (Lipinski definition) is 0. The zero-order valence-corrected chi connectivity index (χ0v) is 14.3. The summed E-state index contributed by atoms with van der Waals surface area (Å²) in [7, 11) is 0. The molecule has 2 rings (SSSR count). The third-order valence-electron chi connectivity index (χ3n) is 3.70. The van der Waals surface area contributed by atoms with E-state index in [1.807, 2.05) is 0 Å². The third-order valence-corrected chi connectivity index (χ3v) is 4.16. The molecule has 0 atom stereocenters. The van der Waals surface area contributed by atoms with Gasteiger partial charge in [0, 0.05) is 16.5 Å². The molecule has 5 nitrogen and oxygen atoms in total. The SMILES string of the molecule is CCOC(=O)C1(C(=O)OCC)Cc2cc(Br)cc(C)c2C1=O. The third kappa shape index (κ3) is 2.45. The summed E-state index contributed by atoms with van der Waals surface area (Å²) in [5, 5.41) is 0. The molecule has 22 heavy (non-hydrogen) atoms. The number of fused-ring (bicyclic) bond motifs is 1. The molecule has 0 amide bonds. The number of rotatable bonds is 4. The first-order chi connectivity index (χ1) is 10.4. The molecular formula is C16H17BrO5. The van der Waals surface area contributed by atoms with Crippen LogP contribution in [-0.2, 0) is 25.5 Å². The van der Waals surface area contributed by atoms with Crippen LogP contribution in [0.15, 0.2) is 16.6 Å². The van der Waals surface area contributed by atoms with Gasteiger partial charge in [0.05, 0.1) is 13.2 Å². The Hall–Kier alpha value is -1.69. The van der Waals surface area contributed by atoms with Crippen molar-refractivity contribution >= 4 is 33.7 Å². The lowest BCUT2D eigenvalue weighted by atomic mass is 9.83. The average Bonchev–Trinajstić information content (AvgIpc) is 2.73. The van der Waals surface area contributed by atoms with Crippen LogP contribution in [0.1, 0.15) is 35.3 Å². The molecule has 0 spiro atoms. The van der Waals surface area contributed by atoms with Crippen molar-refractivity contribution in [1.82, 2.24) is 0 Å². The summed E-state index contributed by atoms with van der Waals surface area (Å²) in [5.41, 5.74) is -0.146. The number of aryl methyl sites for hydroxylation is 1. The summed E-state index contributed by atoms with van der Waals surface area (Å²) in [6, 6.07) is 3.53. The number of ether oxygens (including phenoxy) is 2. The van der Waals surface area contributed by atoms with E-state index in [4.69, 9.17) is 9.47 Å². The van der Waals surface area contributed by atoms with E-state index in [2.05, 4.69) is 15.9 Å². The van der Waals surface area contributed by atoms with Gasteiger partial charge in [-0.25, -0.2) is 0 Å². The highest BCUT2D eigenvalue weighted by Crippen LogP contribution is 2.41. The zero-order valence-electron chi connectivity index (χ0n) is 12.7. The minimum absolute atomic E-state index is 0.0287. The van der Waals surface area contributed by atoms with Gasteiger partial charge in [0.2, 0.25) is 5.41 Å². The molecule has 118 valence electrons. The van der Waals surface area contributed by atoms with Gasteiger partial charge in [-0.2, -0.15) is 0 Å². The summed E-state index contributed by atoms with van der Waals surface area (Å²) in [6.07, 6.45) is -0.0287. The average molecular weight is 369 g/mol. The first-order valence-electron chi connectivity index (χ1n) is 7.06. The number of ketones is 1. The van der Waals surface area contributed by atoms with E-state index in [-0.39, 0.29) is 19.6 Å². The summed E-state index contributed by atoms with van der Waals surface area (Å²) in [5.74, 6) is -2.22. The molecule has 0 bridgehead atoms. The number of benzene rings is 1. The second-order valence-corrected chi connectivity index (χ2v) is 6.02. The van der Waals surface area contributed by atoms with E-state index < -0.39 is 23.1 Å². The van der Waals surface area contributed by atoms with Crippen LogP contribution >= 0.6 is 15.9 Å². The Labute approximate surface area is 137 Å². The summed E-state index contributed by atoms with van der Waals surface area (Å²) in [4.78, 5) is 37.7. The normalized spacial score (nSPS) is 15.4. The van der Waals surface area contributed by atoms with Crippen molar-refractivity contribution in [3.05, 3.63) is 33.3 Å². The molecule has 0 saturated carbocycles. The van der Waals surface area contributed by atoms with E-state index in [0.717, 1.165) is 4.47 Å². The minimum Gasteiger partial charge on any atom is -0.465 e. The van der Waals surface area contributed by atoms with E-state index in [9.17, 15) is 14.4 Å². The second kappa shape index (κ2) is 6.20. The van der Waals surface area contributed by atoms with Gasteiger partial charge in [-0.1, -0.05) is 15.9 Å². The molecule has 1 aromatic rings. The van der Waals surface area contributed by atoms with Crippen LogP contribution in [0.5, 0.6) is 0 Å². The molecule has 0 saturated heterocycles. The summed E-state index contributed by atoms with van der Waals surface area (Å²) >= 11 is 3.37. The number of Topliss-reactive ketones (excluding diaryl/α,β-unsaturated/α-hetero) is 1. The van der Waals surface area contributed by atoms with Crippen LogP contribution in [0.25, 0.3) is 0 Å². The number of carbonyl (C=O) groups excluding carboxylic acids is 3. The van der Waals surface area contributed by atoms with Gasteiger partial charge in [-0.3, -0.25) is 14.4 Å². The van der Waals surface area contributed by atoms with Crippen molar-refractivity contribution in [1.29, 1.82) is 0 Å². The molecule has 0 fully saturated rings. The molecule has 0 heterocycles. The molecule has 0 N–H and O–H groups in total. The standard InChI is InChI=1S/C16H17BrO5/c1-4-21-14(19)16(15(20)22-5-2)8-10-7-11(17)6-9(3)12(10)13(16)18/h6-7H,4-5,8H2,1-3H3. The van der Waals surface area contributed by atoms with E-state index in [1.54, 1.807) is 32.9 Å². The smallest absolute Gasteiger partial charge is 0.331 e. The van der Waals surface area contributed by atoms with Crippen molar-refractivity contribution in [2.75, 3.05) is 13.2 Å². The van der Waals surface area contributed by atoms with Crippen molar-refractivity contribution in [2.45, 2.75) is 27.2 Å². The maximum atomic E-state index is 12.9. The quantitative estimate of drug-likeness (QED) is 0.603. The summed E-state index contributed by atoms with van der Waals surface area (Å²) < 4.78 is 10.8. The Morgan fingerprint density at radius 1 is 1.18 bits per heavy atom. The van der Waals surface area contributed by atoms with Crippen LogP contribution in [0.2, 0.25) is 0 Å². The Bertz CT molecular complexity index is 632. The lowest BCUT2D eigenvalue weighted by molar-refractivity contribution is -0.167. The van der Waals surface area contributed by atoms with Crippen molar-refractivity contribution < 1.29 is 23.9 Å². The Morgan fingerprint density at radius 2 is 1.73 bits per heavy atom. The lowest BCUT2D eigenvalue weighted by Gasteiger charge is -2.22. The first kappa shape index (κ1) is 16.7. The molecule has 0 aliphatic heterocycles. The fourth-order valence-corrected chi connectivity index (χ4v) is 3.40. The fraction of sp³-hybridized carbons (Fsp3) is 0.438. The van der Waals surface area contributed by atoms with Crippen LogP contribution in [0.3, 0.4) is 0 Å². The maximum Gasteiger partial charge on any atom is 0.331 e. The van der Waals surface area contributed by atoms with Crippen LogP contribution in [0, 0.1) is 12.3 Å². The van der Waals surface area contributed by atoms with Gasteiger partial charge < -0.3 is 9.47 Å². The molecule has 6 heteroatoms. The van der Waals surface area contributed by atoms with Crippen LogP contribution < -0.4 is 0 Å². The Balaban J connectivity index is 2.58. The van der Waals surface area contributed by atoms with Gasteiger partial charge in [0.1, 0.15) is 0 Å². The highest BCUT2D eigenvalue weighted by Gasteiger charge is 2.60. The first-order valence-corrected chi connectivity index (χ1v) is 7.86. The molecule has 1 aliphatic rings. The molecule has 0 unspecified atom stereocenters. The predicted octanol–water partition coefficient (Wildman–Crippen LogP) is 2.61. The summed E-state index contributed by atoms with van der Waals surface area (Å²) in [6.45, 7) is 5.21. The van der Waals surface area contributed by atoms with Gasteiger partial charge >= 0.3 is 11.9 Å². The van der Waals surface area contributed by atoms with Gasteiger partial charge in [-0.05, 0) is 44.0 Å². The fourth-order valence-electron chi connectivity index (χ4n) is 2.78. The Morgan fingerprint density at radius 3 is 2.23 bits per heavy atom. The minimum atomic E-state index is -1.92. The largest absolute Gasteiger partial charge is 0.465 e. The van der Waals surface area contributed by atoms with Crippen LogP contribution in [0.4, 0.5) is 0 Å². The molecule has 0 radical (unpaired) electrons. The van der Waals surface area contributed by atoms with Gasteiger partial charge in [0.25, 0.3) is 0 Å². The number of carbonyl (C=O) groups is 3. The van der Waals surface area contributed by atoms with Crippen molar-refractivity contribution in [3.8, 4) is 0 Å². The Kier molecular flexibility index (Phi) is 4.70. The number of halogens is 1. The topological polar surface area (TPSA) is 69.7 Å². The second-order valence-electron chi connectivity index (χ2n) is 5.11. The molecule has 0 aromatic heterocycles. The highest BCUT2D eigenvalue weighted by atomic mass is 79.9. The highest BCUT2D eigenvalue weighted by molar-refractivity contribution is 9.10. The lowest BCUT2D eigenvalue weighted by Crippen LogP contribution is -2.47.